The standard InChI is InChI=1S/C17H11F4N3O/c18-13-3-1-2-10-4-9-14-16(25)23(22-24(14)15(10)13)12-7-5-11(6-8-12)17(19,20)21/h1-9,22,25H. The van der Waals surface area contributed by atoms with Crippen LogP contribution in [0.2, 0.25) is 0 Å². The lowest BCUT2D eigenvalue weighted by molar-refractivity contribution is -0.137. The Hall–Kier alpha value is -3.00. The third kappa shape index (κ3) is 2.42. The maximum Gasteiger partial charge on any atom is 0.416 e. The van der Waals surface area contributed by atoms with E-state index in [-0.39, 0.29) is 23.0 Å². The average Bonchev–Trinajstić information content (AvgIpc) is 2.91. The van der Waals surface area contributed by atoms with E-state index in [2.05, 4.69) is 5.53 Å². The molecule has 0 saturated carbocycles. The molecule has 0 amide bonds. The number of anilines is 2. The molecule has 4 rings (SSSR count). The lowest BCUT2D eigenvalue weighted by atomic mass is 10.1. The first-order valence-electron chi connectivity index (χ1n) is 7.30. The van der Waals surface area contributed by atoms with E-state index in [0.717, 1.165) is 12.1 Å². The van der Waals surface area contributed by atoms with Gasteiger partial charge in [-0.15, -0.1) is 5.53 Å². The fraction of sp³-hybridized carbons (Fsp3) is 0.0588. The number of nitrogens with one attached hydrogen (secondary N) is 1. The highest BCUT2D eigenvalue weighted by atomic mass is 19.4. The second-order valence-electron chi connectivity index (χ2n) is 5.54. The quantitative estimate of drug-likeness (QED) is 0.751. The van der Waals surface area contributed by atoms with E-state index in [9.17, 15) is 22.7 Å². The van der Waals surface area contributed by atoms with Crippen LogP contribution in [0.15, 0.2) is 60.1 Å². The second-order valence-corrected chi connectivity index (χ2v) is 5.54. The van der Waals surface area contributed by atoms with Gasteiger partial charge in [-0.1, -0.05) is 18.2 Å². The van der Waals surface area contributed by atoms with Crippen LogP contribution in [-0.2, 0) is 6.18 Å². The Morgan fingerprint density at radius 1 is 0.920 bits per heavy atom. The minimum absolute atomic E-state index is 0.223. The summed E-state index contributed by atoms with van der Waals surface area (Å²) >= 11 is 0. The largest absolute Gasteiger partial charge is 0.492 e. The van der Waals surface area contributed by atoms with Gasteiger partial charge in [0.05, 0.1) is 11.3 Å². The maximum absolute atomic E-state index is 14.2. The Labute approximate surface area is 139 Å². The molecule has 0 saturated heterocycles. The van der Waals surface area contributed by atoms with Gasteiger partial charge in [0.2, 0.25) is 5.88 Å². The molecule has 2 aliphatic heterocycles. The number of benzene rings is 2. The van der Waals surface area contributed by atoms with Crippen molar-refractivity contribution in [3.05, 3.63) is 77.1 Å². The minimum atomic E-state index is -4.44. The zero-order valence-electron chi connectivity index (χ0n) is 12.5. The van der Waals surface area contributed by atoms with Crippen LogP contribution in [0.5, 0.6) is 0 Å². The number of rotatable bonds is 1. The summed E-state index contributed by atoms with van der Waals surface area (Å²) in [5.41, 5.74) is 3.39. The van der Waals surface area contributed by atoms with Gasteiger partial charge in [0.15, 0.2) is 0 Å². The number of allylic oxidation sites excluding steroid dienone is 1. The Morgan fingerprint density at radius 2 is 1.64 bits per heavy atom. The van der Waals surface area contributed by atoms with Gasteiger partial charge in [0.1, 0.15) is 17.2 Å². The molecule has 25 heavy (non-hydrogen) atoms. The molecular formula is C17H11F4N3O. The predicted molar refractivity (Wildman–Crippen MR) is 84.6 cm³/mol. The van der Waals surface area contributed by atoms with Crippen LogP contribution in [0.4, 0.5) is 28.9 Å². The number of hydrogen-bond donors (Lipinski definition) is 2. The van der Waals surface area contributed by atoms with E-state index < -0.39 is 17.6 Å². The normalized spacial score (nSPS) is 16.3. The molecule has 2 heterocycles. The molecule has 0 spiro atoms. The summed E-state index contributed by atoms with van der Waals surface area (Å²) in [6.07, 6.45) is -1.20. The number of hydrogen-bond acceptors (Lipinski definition) is 4. The van der Waals surface area contributed by atoms with Crippen molar-refractivity contribution in [2.75, 3.05) is 10.0 Å². The van der Waals surface area contributed by atoms with Gasteiger partial charge in [-0.2, -0.15) is 13.2 Å². The van der Waals surface area contributed by atoms with E-state index in [1.165, 1.54) is 28.2 Å². The number of aliphatic hydroxyl groups excluding tert-OH is 1. The molecule has 0 unspecified atom stereocenters. The van der Waals surface area contributed by atoms with Crippen LogP contribution in [0.25, 0.3) is 6.08 Å². The molecule has 0 aromatic heterocycles. The van der Waals surface area contributed by atoms with E-state index in [1.54, 1.807) is 24.3 Å². The average molecular weight is 349 g/mol. The fourth-order valence-corrected chi connectivity index (χ4v) is 2.79. The van der Waals surface area contributed by atoms with Crippen LogP contribution in [0, 0.1) is 5.82 Å². The van der Waals surface area contributed by atoms with Gasteiger partial charge < -0.3 is 5.11 Å². The monoisotopic (exact) mass is 349 g/mol. The number of alkyl halides is 3. The van der Waals surface area contributed by atoms with Crippen molar-refractivity contribution in [3.63, 3.8) is 0 Å². The Balaban J connectivity index is 1.71. The van der Waals surface area contributed by atoms with E-state index in [0.29, 0.717) is 5.56 Å². The molecule has 4 nitrogen and oxygen atoms in total. The van der Waals surface area contributed by atoms with E-state index >= 15 is 0 Å². The lowest BCUT2D eigenvalue weighted by Gasteiger charge is -2.27. The summed E-state index contributed by atoms with van der Waals surface area (Å²) in [4.78, 5) is 0. The van der Waals surface area contributed by atoms with Crippen molar-refractivity contribution in [1.82, 2.24) is 5.53 Å². The highest BCUT2D eigenvalue weighted by Gasteiger charge is 2.35. The summed E-state index contributed by atoms with van der Waals surface area (Å²) in [7, 11) is 0. The van der Waals surface area contributed by atoms with Gasteiger partial charge in [0, 0.05) is 5.56 Å². The lowest BCUT2D eigenvalue weighted by Crippen LogP contribution is -2.42. The van der Waals surface area contributed by atoms with Crippen LogP contribution in [-0.4, -0.2) is 5.11 Å². The number of para-hydroxylation sites is 1. The van der Waals surface area contributed by atoms with Gasteiger partial charge >= 0.3 is 6.18 Å². The molecule has 8 heteroatoms. The topological polar surface area (TPSA) is 38.7 Å². The van der Waals surface area contributed by atoms with E-state index in [4.69, 9.17) is 0 Å². The minimum Gasteiger partial charge on any atom is -0.492 e. The molecule has 0 bridgehead atoms. The van der Waals surface area contributed by atoms with Crippen LogP contribution in [0.3, 0.4) is 0 Å². The third-order valence-corrected chi connectivity index (χ3v) is 4.00. The summed E-state index contributed by atoms with van der Waals surface area (Å²) in [5, 5.41) is 12.9. The van der Waals surface area contributed by atoms with E-state index in [1.807, 2.05) is 0 Å². The van der Waals surface area contributed by atoms with Gasteiger partial charge in [-0.25, -0.2) is 14.4 Å². The number of fused-ring (bicyclic) bond motifs is 3. The van der Waals surface area contributed by atoms with Gasteiger partial charge in [-0.3, -0.25) is 0 Å². The molecule has 2 aliphatic rings. The highest BCUT2D eigenvalue weighted by molar-refractivity contribution is 5.79. The third-order valence-electron chi connectivity index (χ3n) is 4.00. The molecule has 0 aliphatic carbocycles. The first-order chi connectivity index (χ1) is 11.9. The maximum atomic E-state index is 14.2. The van der Waals surface area contributed by atoms with Crippen LogP contribution >= 0.6 is 0 Å². The second kappa shape index (κ2) is 5.25. The van der Waals surface area contributed by atoms with Crippen molar-refractivity contribution in [2.45, 2.75) is 6.18 Å². The number of aliphatic hydroxyl groups is 1. The smallest absolute Gasteiger partial charge is 0.416 e. The SMILES string of the molecule is OC1=C2C=Cc3cccc(F)c3N2NN1c1ccc(C(F)(F)F)cc1. The summed E-state index contributed by atoms with van der Waals surface area (Å²) in [5.74, 6) is -0.737. The van der Waals surface area contributed by atoms with Crippen LogP contribution < -0.4 is 15.6 Å². The van der Waals surface area contributed by atoms with Gasteiger partial charge in [-0.05, 0) is 36.4 Å². The summed E-state index contributed by atoms with van der Waals surface area (Å²) in [6.45, 7) is 0. The van der Waals surface area contributed by atoms with Crippen molar-refractivity contribution >= 4 is 17.5 Å². The van der Waals surface area contributed by atoms with Crippen molar-refractivity contribution in [3.8, 4) is 0 Å². The molecule has 128 valence electrons. The Kier molecular flexibility index (Phi) is 3.26. The van der Waals surface area contributed by atoms with Crippen molar-refractivity contribution in [2.24, 2.45) is 0 Å². The molecule has 2 N–H and O–H groups in total. The Morgan fingerprint density at radius 3 is 2.32 bits per heavy atom. The van der Waals surface area contributed by atoms with Gasteiger partial charge in [0.25, 0.3) is 0 Å². The first kappa shape index (κ1) is 15.5. The molecule has 2 aromatic rings. The zero-order valence-corrected chi connectivity index (χ0v) is 12.5. The summed E-state index contributed by atoms with van der Waals surface area (Å²) in [6, 6.07) is 8.83. The molecular weight excluding hydrogens is 338 g/mol. The molecule has 2 aromatic carbocycles. The Bertz CT molecular complexity index is 903. The summed E-state index contributed by atoms with van der Waals surface area (Å²) < 4.78 is 52.2. The first-order valence-corrected chi connectivity index (χ1v) is 7.30. The fourth-order valence-electron chi connectivity index (χ4n) is 2.79. The zero-order chi connectivity index (χ0) is 17.8. The van der Waals surface area contributed by atoms with Crippen LogP contribution in [0.1, 0.15) is 11.1 Å². The number of nitrogens with zero attached hydrogens (tertiary/aromatic N) is 2. The number of hydrazine groups is 2. The van der Waals surface area contributed by atoms with Crippen molar-refractivity contribution < 1.29 is 22.7 Å². The predicted octanol–water partition coefficient (Wildman–Crippen LogP) is 4.34. The van der Waals surface area contributed by atoms with Crippen molar-refractivity contribution in [1.29, 1.82) is 0 Å². The highest BCUT2D eigenvalue weighted by Crippen LogP contribution is 2.38. The molecule has 0 radical (unpaired) electrons. The molecule has 0 atom stereocenters. The molecule has 0 fully saturated rings. The number of halogens is 4.